The molecule has 1 heterocycles. The molecule has 8 nitrogen and oxygen atoms in total. The van der Waals surface area contributed by atoms with Gasteiger partial charge in [0.15, 0.2) is 0 Å². The first kappa shape index (κ1) is 21.0. The SMILES string of the molecule is CC(=O)Nc1ccc(NC(=O)[C@@H](C)NC(=O)[C@H]2CC(=O)N(c3ccccc3)C2)cc1. The molecule has 0 saturated carbocycles. The fraction of sp³-hybridized carbons (Fsp3) is 0.273. The molecule has 2 atom stereocenters. The highest BCUT2D eigenvalue weighted by molar-refractivity contribution is 6.02. The Morgan fingerprint density at radius 3 is 2.17 bits per heavy atom. The molecule has 0 spiro atoms. The molecule has 4 amide bonds. The third-order valence-electron chi connectivity index (χ3n) is 4.79. The maximum atomic E-state index is 12.6. The average Bonchev–Trinajstić information content (AvgIpc) is 3.11. The Labute approximate surface area is 174 Å². The second kappa shape index (κ2) is 9.21. The van der Waals surface area contributed by atoms with Gasteiger partial charge in [-0.2, -0.15) is 0 Å². The smallest absolute Gasteiger partial charge is 0.246 e. The van der Waals surface area contributed by atoms with Gasteiger partial charge in [-0.3, -0.25) is 19.2 Å². The molecule has 0 unspecified atom stereocenters. The van der Waals surface area contributed by atoms with Crippen LogP contribution < -0.4 is 20.9 Å². The van der Waals surface area contributed by atoms with Crippen LogP contribution in [0.4, 0.5) is 17.1 Å². The number of amides is 4. The molecule has 3 rings (SSSR count). The first-order valence-corrected chi connectivity index (χ1v) is 9.68. The maximum absolute atomic E-state index is 12.6. The lowest BCUT2D eigenvalue weighted by atomic mass is 10.1. The van der Waals surface area contributed by atoms with Crippen molar-refractivity contribution in [1.82, 2.24) is 5.32 Å². The number of carbonyl (C=O) groups is 4. The topological polar surface area (TPSA) is 108 Å². The summed E-state index contributed by atoms with van der Waals surface area (Å²) in [7, 11) is 0. The van der Waals surface area contributed by atoms with Gasteiger partial charge < -0.3 is 20.9 Å². The lowest BCUT2D eigenvalue weighted by molar-refractivity contribution is -0.129. The fourth-order valence-electron chi connectivity index (χ4n) is 3.23. The van der Waals surface area contributed by atoms with Gasteiger partial charge in [-0.15, -0.1) is 0 Å². The van der Waals surface area contributed by atoms with Crippen LogP contribution in [-0.2, 0) is 19.2 Å². The number of carbonyl (C=O) groups excluding carboxylic acids is 4. The monoisotopic (exact) mass is 408 g/mol. The Morgan fingerprint density at radius 2 is 1.57 bits per heavy atom. The van der Waals surface area contributed by atoms with E-state index in [1.807, 2.05) is 30.3 Å². The van der Waals surface area contributed by atoms with E-state index in [0.717, 1.165) is 5.69 Å². The highest BCUT2D eigenvalue weighted by atomic mass is 16.2. The van der Waals surface area contributed by atoms with Crippen molar-refractivity contribution >= 4 is 40.7 Å². The molecule has 30 heavy (non-hydrogen) atoms. The predicted molar refractivity (Wildman–Crippen MR) is 114 cm³/mol. The molecule has 2 aromatic rings. The predicted octanol–water partition coefficient (Wildman–Crippen LogP) is 2.14. The van der Waals surface area contributed by atoms with Crippen LogP contribution in [0.3, 0.4) is 0 Å². The van der Waals surface area contributed by atoms with E-state index in [4.69, 9.17) is 0 Å². The minimum Gasteiger partial charge on any atom is -0.344 e. The van der Waals surface area contributed by atoms with Gasteiger partial charge in [0, 0.05) is 37.0 Å². The van der Waals surface area contributed by atoms with Crippen molar-refractivity contribution in [3.05, 3.63) is 54.6 Å². The number of rotatable bonds is 6. The molecular formula is C22H24N4O4. The quantitative estimate of drug-likeness (QED) is 0.681. The summed E-state index contributed by atoms with van der Waals surface area (Å²) >= 11 is 0. The Balaban J connectivity index is 1.53. The van der Waals surface area contributed by atoms with E-state index < -0.39 is 12.0 Å². The summed E-state index contributed by atoms with van der Waals surface area (Å²) in [6.07, 6.45) is 0.111. The fourth-order valence-corrected chi connectivity index (χ4v) is 3.23. The zero-order valence-corrected chi connectivity index (χ0v) is 16.8. The average molecular weight is 408 g/mol. The van der Waals surface area contributed by atoms with Crippen LogP contribution >= 0.6 is 0 Å². The first-order chi connectivity index (χ1) is 14.3. The Kier molecular flexibility index (Phi) is 6.46. The Morgan fingerprint density at radius 1 is 0.967 bits per heavy atom. The molecule has 0 aromatic heterocycles. The minimum absolute atomic E-state index is 0.111. The molecule has 0 radical (unpaired) electrons. The zero-order chi connectivity index (χ0) is 21.7. The normalized spacial score (nSPS) is 16.7. The van der Waals surface area contributed by atoms with Crippen LogP contribution in [0, 0.1) is 5.92 Å². The standard InChI is InChI=1S/C22H24N4O4/c1-14(21(29)25-18-10-8-17(9-11-18)24-15(2)27)23-22(30)16-12-20(28)26(13-16)19-6-4-3-5-7-19/h3-11,14,16H,12-13H2,1-2H3,(H,23,30)(H,24,27)(H,25,29)/t14-,16+/m1/s1. The summed E-state index contributed by atoms with van der Waals surface area (Å²) in [5.41, 5.74) is 1.92. The largest absolute Gasteiger partial charge is 0.344 e. The van der Waals surface area contributed by atoms with E-state index in [1.165, 1.54) is 6.92 Å². The van der Waals surface area contributed by atoms with E-state index in [0.29, 0.717) is 11.4 Å². The highest BCUT2D eigenvalue weighted by Crippen LogP contribution is 2.25. The number of nitrogens with zero attached hydrogens (tertiary/aromatic N) is 1. The number of nitrogens with one attached hydrogen (secondary N) is 3. The van der Waals surface area contributed by atoms with Crippen molar-refractivity contribution in [2.75, 3.05) is 22.1 Å². The van der Waals surface area contributed by atoms with Crippen LogP contribution in [0.1, 0.15) is 20.3 Å². The lowest BCUT2D eigenvalue weighted by Gasteiger charge is -2.18. The van der Waals surface area contributed by atoms with Gasteiger partial charge in [0.05, 0.1) is 5.92 Å². The highest BCUT2D eigenvalue weighted by Gasteiger charge is 2.35. The van der Waals surface area contributed by atoms with Crippen molar-refractivity contribution in [2.45, 2.75) is 26.3 Å². The molecule has 1 aliphatic rings. The van der Waals surface area contributed by atoms with E-state index in [1.54, 1.807) is 36.1 Å². The molecule has 0 aliphatic carbocycles. The molecule has 1 saturated heterocycles. The number of hydrogen-bond donors (Lipinski definition) is 3. The summed E-state index contributed by atoms with van der Waals surface area (Å²) in [5, 5.41) is 8.05. The van der Waals surface area contributed by atoms with Crippen LogP contribution in [0.2, 0.25) is 0 Å². The molecule has 3 N–H and O–H groups in total. The van der Waals surface area contributed by atoms with Gasteiger partial charge >= 0.3 is 0 Å². The van der Waals surface area contributed by atoms with Crippen LogP contribution in [0.25, 0.3) is 0 Å². The van der Waals surface area contributed by atoms with E-state index in [2.05, 4.69) is 16.0 Å². The third kappa shape index (κ3) is 5.22. The summed E-state index contributed by atoms with van der Waals surface area (Å²) in [4.78, 5) is 49.9. The van der Waals surface area contributed by atoms with Gasteiger partial charge in [-0.05, 0) is 43.3 Å². The molecule has 0 bridgehead atoms. The molecule has 1 aliphatic heterocycles. The summed E-state index contributed by atoms with van der Waals surface area (Å²) in [5.74, 6) is -1.51. The van der Waals surface area contributed by atoms with E-state index in [-0.39, 0.29) is 36.6 Å². The van der Waals surface area contributed by atoms with Crippen LogP contribution in [0.15, 0.2) is 54.6 Å². The lowest BCUT2D eigenvalue weighted by Crippen LogP contribution is -2.44. The summed E-state index contributed by atoms with van der Waals surface area (Å²) < 4.78 is 0. The van der Waals surface area contributed by atoms with Gasteiger partial charge in [-0.1, -0.05) is 18.2 Å². The van der Waals surface area contributed by atoms with E-state index in [9.17, 15) is 19.2 Å². The number of hydrogen-bond acceptors (Lipinski definition) is 4. The van der Waals surface area contributed by atoms with Crippen LogP contribution in [-0.4, -0.2) is 36.2 Å². The molecule has 2 aromatic carbocycles. The maximum Gasteiger partial charge on any atom is 0.246 e. The van der Waals surface area contributed by atoms with Gasteiger partial charge in [-0.25, -0.2) is 0 Å². The minimum atomic E-state index is -0.770. The zero-order valence-electron chi connectivity index (χ0n) is 16.8. The molecule has 156 valence electrons. The second-order valence-corrected chi connectivity index (χ2v) is 7.22. The van der Waals surface area contributed by atoms with Gasteiger partial charge in [0.1, 0.15) is 6.04 Å². The van der Waals surface area contributed by atoms with Crippen LogP contribution in [0.5, 0.6) is 0 Å². The first-order valence-electron chi connectivity index (χ1n) is 9.68. The summed E-state index contributed by atoms with van der Waals surface area (Å²) in [6.45, 7) is 3.29. The van der Waals surface area contributed by atoms with Crippen molar-refractivity contribution in [1.29, 1.82) is 0 Å². The second-order valence-electron chi connectivity index (χ2n) is 7.22. The number of anilines is 3. The number of benzene rings is 2. The van der Waals surface area contributed by atoms with Crippen molar-refractivity contribution < 1.29 is 19.2 Å². The summed E-state index contributed by atoms with van der Waals surface area (Å²) in [6, 6.07) is 15.1. The van der Waals surface area contributed by atoms with Gasteiger partial charge in [0.2, 0.25) is 23.6 Å². The molecular weight excluding hydrogens is 384 g/mol. The third-order valence-corrected chi connectivity index (χ3v) is 4.79. The van der Waals surface area contributed by atoms with Crippen molar-refractivity contribution in [2.24, 2.45) is 5.92 Å². The Bertz CT molecular complexity index is 943. The Hall–Kier alpha value is -3.68. The van der Waals surface area contributed by atoms with Crippen molar-refractivity contribution in [3.63, 3.8) is 0 Å². The molecule has 8 heteroatoms. The van der Waals surface area contributed by atoms with Crippen molar-refractivity contribution in [3.8, 4) is 0 Å². The number of para-hydroxylation sites is 1. The van der Waals surface area contributed by atoms with E-state index >= 15 is 0 Å². The van der Waals surface area contributed by atoms with Gasteiger partial charge in [0.25, 0.3) is 0 Å². The molecule has 1 fully saturated rings.